The highest BCUT2D eigenvalue weighted by atomic mass is 16.2. The number of aromatic nitrogens is 2. The summed E-state index contributed by atoms with van der Waals surface area (Å²) in [5, 5.41) is 12.5. The van der Waals surface area contributed by atoms with Gasteiger partial charge in [-0.2, -0.15) is 0 Å². The number of hydrogen-bond acceptors (Lipinski definition) is 3. The lowest BCUT2D eigenvalue weighted by Crippen LogP contribution is -2.26. The number of carbonyl (C=O) groups is 1. The molecule has 1 amide bonds. The molecule has 6 heteroatoms. The maximum Gasteiger partial charge on any atom is 0.401 e. The highest BCUT2D eigenvalue weighted by molar-refractivity contribution is 6.27. The fourth-order valence-corrected chi connectivity index (χ4v) is 3.24. The van der Waals surface area contributed by atoms with Gasteiger partial charge in [-0.3, -0.25) is 10.1 Å². The van der Waals surface area contributed by atoms with Crippen molar-refractivity contribution in [1.29, 1.82) is 0 Å². The van der Waals surface area contributed by atoms with Crippen LogP contribution in [-0.4, -0.2) is 28.0 Å². The summed E-state index contributed by atoms with van der Waals surface area (Å²) in [6.07, 6.45) is 7.87. The van der Waals surface area contributed by atoms with Gasteiger partial charge < -0.3 is 9.50 Å². The van der Waals surface area contributed by atoms with Crippen molar-refractivity contribution >= 4 is 30.5 Å². The van der Waals surface area contributed by atoms with E-state index in [2.05, 4.69) is 10.3 Å². The molecule has 0 aliphatic heterocycles. The monoisotopic (exact) mass is 299 g/mol. The highest BCUT2D eigenvalue weighted by Crippen LogP contribution is 2.24. The van der Waals surface area contributed by atoms with Crippen molar-refractivity contribution in [2.45, 2.75) is 44.9 Å². The van der Waals surface area contributed by atoms with Crippen molar-refractivity contribution in [2.75, 3.05) is 5.32 Å². The average Bonchev–Trinajstić information content (AvgIpc) is 2.83. The van der Waals surface area contributed by atoms with E-state index in [0.29, 0.717) is 5.95 Å². The molecular formula is C16H22BN3O2. The van der Waals surface area contributed by atoms with Gasteiger partial charge in [-0.1, -0.05) is 44.2 Å². The molecule has 0 atom stereocenters. The number of rotatable bonds is 3. The number of nitrogens with zero attached hydrogens (tertiary/aromatic N) is 2. The predicted octanol–water partition coefficient (Wildman–Crippen LogP) is 2.44. The van der Waals surface area contributed by atoms with Gasteiger partial charge in [0.15, 0.2) is 5.95 Å². The van der Waals surface area contributed by atoms with E-state index in [1.54, 1.807) is 4.48 Å². The third-order valence-electron chi connectivity index (χ3n) is 4.51. The van der Waals surface area contributed by atoms with Gasteiger partial charge in [-0.25, -0.2) is 4.98 Å². The molecule has 1 aliphatic carbocycles. The van der Waals surface area contributed by atoms with Gasteiger partial charge in [-0.15, -0.1) is 0 Å². The second-order valence-corrected chi connectivity index (χ2v) is 6.02. The van der Waals surface area contributed by atoms with Crippen LogP contribution in [0.4, 0.5) is 5.95 Å². The molecule has 0 bridgehead atoms. The number of amides is 1. The Morgan fingerprint density at radius 3 is 2.59 bits per heavy atom. The fraction of sp³-hybridized carbons (Fsp3) is 0.500. The average molecular weight is 299 g/mol. The highest BCUT2D eigenvalue weighted by Gasteiger charge is 2.21. The van der Waals surface area contributed by atoms with Crippen LogP contribution in [0.15, 0.2) is 24.3 Å². The Hall–Kier alpha value is -1.82. The molecule has 0 unspecified atom stereocenters. The van der Waals surface area contributed by atoms with Crippen molar-refractivity contribution in [3.63, 3.8) is 0 Å². The first-order valence-electron chi connectivity index (χ1n) is 8.16. The van der Waals surface area contributed by atoms with Crippen molar-refractivity contribution in [3.05, 3.63) is 24.3 Å². The van der Waals surface area contributed by atoms with E-state index in [0.717, 1.165) is 36.7 Å². The van der Waals surface area contributed by atoms with Gasteiger partial charge in [0, 0.05) is 5.92 Å². The molecule has 2 aromatic rings. The molecule has 0 saturated heterocycles. The van der Waals surface area contributed by atoms with E-state index in [9.17, 15) is 9.82 Å². The Kier molecular flexibility index (Phi) is 4.78. The topological polar surface area (TPSA) is 67.2 Å². The third kappa shape index (κ3) is 3.17. The number of imidazole rings is 1. The Morgan fingerprint density at radius 2 is 1.86 bits per heavy atom. The van der Waals surface area contributed by atoms with Crippen LogP contribution >= 0.6 is 0 Å². The normalized spacial score (nSPS) is 17.0. The number of para-hydroxylation sites is 2. The summed E-state index contributed by atoms with van der Waals surface area (Å²) in [5.41, 5.74) is 1.61. The molecule has 1 aromatic carbocycles. The minimum absolute atomic E-state index is 0.0342. The smallest absolute Gasteiger partial charge is 0.401 e. The summed E-state index contributed by atoms with van der Waals surface area (Å²) < 4.78 is 1.64. The Labute approximate surface area is 131 Å². The number of benzene rings is 1. The van der Waals surface area contributed by atoms with E-state index in [1.807, 2.05) is 24.3 Å². The first-order valence-corrected chi connectivity index (χ1v) is 8.16. The first kappa shape index (κ1) is 15.1. The van der Waals surface area contributed by atoms with Crippen LogP contribution in [0.1, 0.15) is 44.9 Å². The molecule has 1 aromatic heterocycles. The number of hydrogen-bond donors (Lipinski definition) is 2. The molecule has 5 nitrogen and oxygen atoms in total. The Bertz CT molecular complexity index is 648. The lowest BCUT2D eigenvalue weighted by atomic mass is 9.90. The van der Waals surface area contributed by atoms with Crippen LogP contribution in [0.25, 0.3) is 11.0 Å². The maximum atomic E-state index is 12.5. The van der Waals surface area contributed by atoms with E-state index in [-0.39, 0.29) is 19.4 Å². The SMILES string of the molecule is O=C(Nc1nc2ccccc2n1BO)C1CCCCCCC1. The zero-order valence-corrected chi connectivity index (χ0v) is 12.8. The summed E-state index contributed by atoms with van der Waals surface area (Å²) in [5.74, 6) is 0.537. The number of carbonyl (C=O) groups excluding carboxylic acids is 1. The van der Waals surface area contributed by atoms with Gasteiger partial charge in [0.1, 0.15) is 0 Å². The third-order valence-corrected chi connectivity index (χ3v) is 4.51. The molecule has 1 aliphatic rings. The van der Waals surface area contributed by atoms with Crippen molar-refractivity contribution in [2.24, 2.45) is 5.92 Å². The molecule has 3 rings (SSSR count). The number of nitrogens with one attached hydrogen (secondary N) is 1. The molecule has 22 heavy (non-hydrogen) atoms. The van der Waals surface area contributed by atoms with E-state index >= 15 is 0 Å². The molecule has 0 spiro atoms. The summed E-state index contributed by atoms with van der Waals surface area (Å²) in [6, 6.07) is 7.57. The van der Waals surface area contributed by atoms with Gasteiger partial charge >= 0.3 is 7.62 Å². The van der Waals surface area contributed by atoms with Gasteiger partial charge in [0.2, 0.25) is 5.91 Å². The molecule has 1 saturated carbocycles. The number of anilines is 1. The quantitative estimate of drug-likeness (QED) is 0.855. The van der Waals surface area contributed by atoms with Crippen LogP contribution < -0.4 is 5.32 Å². The Morgan fingerprint density at radius 1 is 1.18 bits per heavy atom. The van der Waals surface area contributed by atoms with E-state index in [1.165, 1.54) is 19.3 Å². The van der Waals surface area contributed by atoms with Crippen molar-refractivity contribution in [1.82, 2.24) is 9.46 Å². The van der Waals surface area contributed by atoms with Crippen LogP contribution in [0.3, 0.4) is 0 Å². The van der Waals surface area contributed by atoms with Gasteiger partial charge in [-0.05, 0) is 25.0 Å². The summed E-state index contributed by atoms with van der Waals surface area (Å²) in [4.78, 5) is 17.0. The lowest BCUT2D eigenvalue weighted by molar-refractivity contribution is -0.120. The van der Waals surface area contributed by atoms with Crippen LogP contribution in [0, 0.1) is 5.92 Å². The van der Waals surface area contributed by atoms with Crippen LogP contribution in [0.5, 0.6) is 0 Å². The fourth-order valence-electron chi connectivity index (χ4n) is 3.24. The van der Waals surface area contributed by atoms with Crippen molar-refractivity contribution < 1.29 is 9.82 Å². The molecule has 0 radical (unpaired) electrons. The molecular weight excluding hydrogens is 277 g/mol. The first-order chi connectivity index (χ1) is 10.8. The largest absolute Gasteiger partial charge is 0.435 e. The Balaban J connectivity index is 1.78. The summed E-state index contributed by atoms with van der Waals surface area (Å²) >= 11 is 0. The second-order valence-electron chi connectivity index (χ2n) is 6.02. The molecule has 116 valence electrons. The molecule has 2 N–H and O–H groups in total. The van der Waals surface area contributed by atoms with Gasteiger partial charge in [0.25, 0.3) is 0 Å². The maximum absolute atomic E-state index is 12.5. The molecule has 1 fully saturated rings. The molecule has 1 heterocycles. The minimum atomic E-state index is -0.194. The minimum Gasteiger partial charge on any atom is -0.435 e. The van der Waals surface area contributed by atoms with Gasteiger partial charge in [0.05, 0.1) is 11.0 Å². The van der Waals surface area contributed by atoms with Crippen molar-refractivity contribution in [3.8, 4) is 0 Å². The summed E-state index contributed by atoms with van der Waals surface area (Å²) in [7, 11) is -0.194. The standard InChI is InChI=1S/C16H22BN3O2/c21-15(12-8-4-2-1-3-5-9-12)19-16-18-13-10-6-7-11-14(13)20(16)17-22/h6-7,10-12,17,22H,1-5,8-9H2,(H,18,19,21). The summed E-state index contributed by atoms with van der Waals surface area (Å²) in [6.45, 7) is 0. The zero-order chi connectivity index (χ0) is 15.4. The lowest BCUT2D eigenvalue weighted by Gasteiger charge is -2.19. The van der Waals surface area contributed by atoms with E-state index < -0.39 is 0 Å². The second kappa shape index (κ2) is 6.96. The van der Waals surface area contributed by atoms with Crippen LogP contribution in [0.2, 0.25) is 0 Å². The number of fused-ring (bicyclic) bond motifs is 1. The van der Waals surface area contributed by atoms with Crippen LogP contribution in [-0.2, 0) is 4.79 Å². The zero-order valence-electron chi connectivity index (χ0n) is 12.8. The predicted molar refractivity (Wildman–Crippen MR) is 88.9 cm³/mol. The van der Waals surface area contributed by atoms with E-state index in [4.69, 9.17) is 0 Å².